The van der Waals surface area contributed by atoms with Crippen LogP contribution in [-0.2, 0) is 15.0 Å². The van der Waals surface area contributed by atoms with Gasteiger partial charge in [-0.2, -0.15) is 5.10 Å². The molecule has 8 heteroatoms. The molecule has 1 aliphatic heterocycles. The number of carbonyl (C=O) groups excluding carboxylic acids is 2. The second-order valence-electron chi connectivity index (χ2n) is 10.5. The van der Waals surface area contributed by atoms with Crippen molar-refractivity contribution in [3.8, 4) is 5.69 Å². The Morgan fingerprint density at radius 1 is 1.20 bits per heavy atom. The van der Waals surface area contributed by atoms with Crippen LogP contribution in [0.15, 0.2) is 41.8 Å². The maximum Gasteiger partial charge on any atom is 0.240 e. The molecule has 0 fully saturated rings. The SMILES string of the molecule is Cc1ccc(-n2nc(C(C)(C)C)c3c2N(CC(=O)NCC(C)C)C(=O)CS[C@H]3c2cccs2)cc1. The third-order valence-electron chi connectivity index (χ3n) is 5.89. The molecule has 1 aliphatic rings. The number of fused-ring (bicyclic) bond motifs is 1. The molecule has 0 radical (unpaired) electrons. The highest BCUT2D eigenvalue weighted by atomic mass is 32.2. The lowest BCUT2D eigenvalue weighted by Gasteiger charge is -2.24. The number of hydrogen-bond acceptors (Lipinski definition) is 5. The summed E-state index contributed by atoms with van der Waals surface area (Å²) in [6, 6.07) is 12.3. The Balaban J connectivity index is 1.94. The molecule has 35 heavy (non-hydrogen) atoms. The Morgan fingerprint density at radius 3 is 2.51 bits per heavy atom. The molecule has 3 heterocycles. The Morgan fingerprint density at radius 2 is 1.91 bits per heavy atom. The van der Waals surface area contributed by atoms with Crippen LogP contribution in [0.5, 0.6) is 0 Å². The minimum Gasteiger partial charge on any atom is -0.354 e. The van der Waals surface area contributed by atoms with Crippen LogP contribution >= 0.6 is 23.1 Å². The highest BCUT2D eigenvalue weighted by Gasteiger charge is 2.40. The lowest BCUT2D eigenvalue weighted by Crippen LogP contribution is -2.43. The average Bonchev–Trinajstić information content (AvgIpc) is 3.43. The fourth-order valence-electron chi connectivity index (χ4n) is 4.12. The number of nitrogens with one attached hydrogen (secondary N) is 1. The molecule has 3 aromatic rings. The van der Waals surface area contributed by atoms with Crippen molar-refractivity contribution in [3.63, 3.8) is 0 Å². The van der Waals surface area contributed by atoms with E-state index in [0.717, 1.165) is 22.5 Å². The Labute approximate surface area is 216 Å². The summed E-state index contributed by atoms with van der Waals surface area (Å²) in [7, 11) is 0. The van der Waals surface area contributed by atoms with Crippen LogP contribution in [0, 0.1) is 12.8 Å². The van der Waals surface area contributed by atoms with Gasteiger partial charge >= 0.3 is 0 Å². The highest BCUT2D eigenvalue weighted by Crippen LogP contribution is 2.49. The summed E-state index contributed by atoms with van der Waals surface area (Å²) < 4.78 is 1.87. The van der Waals surface area contributed by atoms with Gasteiger partial charge in [0, 0.05) is 22.4 Å². The number of amides is 2. The van der Waals surface area contributed by atoms with E-state index in [4.69, 9.17) is 5.10 Å². The zero-order chi connectivity index (χ0) is 25.3. The van der Waals surface area contributed by atoms with Gasteiger partial charge in [-0.05, 0) is 36.4 Å². The van der Waals surface area contributed by atoms with Crippen LogP contribution < -0.4 is 10.2 Å². The lowest BCUT2D eigenvalue weighted by molar-refractivity contribution is -0.123. The second kappa shape index (κ2) is 10.2. The molecule has 2 aromatic heterocycles. The maximum atomic E-state index is 13.5. The van der Waals surface area contributed by atoms with Gasteiger partial charge in [0.2, 0.25) is 11.8 Å². The van der Waals surface area contributed by atoms with Crippen LogP contribution in [0.1, 0.15) is 61.6 Å². The summed E-state index contributed by atoms with van der Waals surface area (Å²) >= 11 is 3.31. The van der Waals surface area contributed by atoms with E-state index >= 15 is 0 Å². The van der Waals surface area contributed by atoms with Crippen molar-refractivity contribution < 1.29 is 9.59 Å². The van der Waals surface area contributed by atoms with Crippen molar-refractivity contribution in [2.24, 2.45) is 5.92 Å². The van der Waals surface area contributed by atoms with Gasteiger partial charge in [0.15, 0.2) is 0 Å². The van der Waals surface area contributed by atoms with Crippen molar-refractivity contribution in [3.05, 3.63) is 63.5 Å². The predicted molar refractivity (Wildman–Crippen MR) is 146 cm³/mol. The lowest BCUT2D eigenvalue weighted by atomic mass is 9.88. The second-order valence-corrected chi connectivity index (χ2v) is 12.5. The molecule has 0 saturated heterocycles. The Bertz CT molecular complexity index is 1190. The number of aryl methyl sites for hydroxylation is 1. The van der Waals surface area contributed by atoms with E-state index in [0.29, 0.717) is 24.0 Å². The van der Waals surface area contributed by atoms with Crippen LogP contribution in [0.3, 0.4) is 0 Å². The van der Waals surface area contributed by atoms with Gasteiger partial charge < -0.3 is 5.32 Å². The fraction of sp³-hybridized carbons (Fsp3) is 0.444. The highest BCUT2D eigenvalue weighted by molar-refractivity contribution is 8.00. The Kier molecular flexibility index (Phi) is 7.43. The van der Waals surface area contributed by atoms with E-state index < -0.39 is 0 Å². The molecule has 0 bridgehead atoms. The summed E-state index contributed by atoms with van der Waals surface area (Å²) in [6.45, 7) is 13.2. The number of rotatable bonds is 6. The quantitative estimate of drug-likeness (QED) is 0.477. The van der Waals surface area contributed by atoms with Crippen molar-refractivity contribution in [2.45, 2.75) is 52.2 Å². The van der Waals surface area contributed by atoms with Crippen LogP contribution in [0.4, 0.5) is 5.82 Å². The normalized spacial score (nSPS) is 16.4. The number of anilines is 1. The molecular formula is C27H34N4O2S2. The third kappa shape index (κ3) is 5.48. The van der Waals surface area contributed by atoms with Crippen LogP contribution in [0.25, 0.3) is 5.69 Å². The monoisotopic (exact) mass is 510 g/mol. The van der Waals surface area contributed by atoms with Crippen molar-refractivity contribution >= 4 is 40.7 Å². The molecule has 4 rings (SSSR count). The van der Waals surface area contributed by atoms with E-state index in [1.165, 1.54) is 4.88 Å². The predicted octanol–water partition coefficient (Wildman–Crippen LogP) is 5.48. The molecule has 0 spiro atoms. The summed E-state index contributed by atoms with van der Waals surface area (Å²) in [5.41, 5.74) is 3.74. The molecule has 1 aromatic carbocycles. The Hall–Kier alpha value is -2.58. The molecule has 2 amide bonds. The summed E-state index contributed by atoms with van der Waals surface area (Å²) in [5, 5.41) is 10.1. The summed E-state index contributed by atoms with van der Waals surface area (Å²) in [5.74, 6) is 1.09. The van der Waals surface area contributed by atoms with E-state index in [9.17, 15) is 9.59 Å². The van der Waals surface area contributed by atoms with Gasteiger partial charge in [-0.3, -0.25) is 14.5 Å². The van der Waals surface area contributed by atoms with E-state index in [1.54, 1.807) is 28.0 Å². The molecular weight excluding hydrogens is 476 g/mol. The molecule has 0 unspecified atom stereocenters. The first kappa shape index (κ1) is 25.5. The largest absolute Gasteiger partial charge is 0.354 e. The minimum absolute atomic E-state index is 0.0303. The summed E-state index contributed by atoms with van der Waals surface area (Å²) in [4.78, 5) is 29.3. The number of carbonyl (C=O) groups is 2. The number of aromatic nitrogens is 2. The molecule has 6 nitrogen and oxygen atoms in total. The van der Waals surface area contributed by atoms with Crippen LogP contribution in [-0.4, -0.2) is 40.4 Å². The molecule has 1 N–H and O–H groups in total. The fourth-order valence-corrected chi connectivity index (χ4v) is 6.30. The molecule has 186 valence electrons. The smallest absolute Gasteiger partial charge is 0.240 e. The minimum atomic E-state index is -0.255. The van der Waals surface area contributed by atoms with Crippen LogP contribution in [0.2, 0.25) is 0 Å². The van der Waals surface area contributed by atoms with Crippen molar-refractivity contribution in [1.29, 1.82) is 0 Å². The number of thioether (sulfide) groups is 1. The standard InChI is InChI=1S/C27H34N4O2S2/c1-17(2)14-28-21(32)15-30-22(33)16-35-24(20-8-7-13-34-20)23-25(27(4,5)6)29-31(26(23)30)19-11-9-18(3)10-12-19/h7-13,17,24H,14-16H2,1-6H3,(H,28,32)/t24-/m0/s1. The third-order valence-corrected chi connectivity index (χ3v) is 8.21. The molecule has 0 saturated carbocycles. The summed E-state index contributed by atoms with van der Waals surface area (Å²) in [6.07, 6.45) is 0. The van der Waals surface area contributed by atoms with E-state index in [1.807, 2.05) is 41.9 Å². The van der Waals surface area contributed by atoms with Gasteiger partial charge in [0.25, 0.3) is 0 Å². The molecule has 1 atom stereocenters. The van der Waals surface area contributed by atoms with Crippen molar-refractivity contribution in [1.82, 2.24) is 15.1 Å². The van der Waals surface area contributed by atoms with Gasteiger partial charge in [0.05, 0.1) is 22.4 Å². The maximum absolute atomic E-state index is 13.5. The topological polar surface area (TPSA) is 67.2 Å². The first-order valence-electron chi connectivity index (χ1n) is 12.0. The van der Waals surface area contributed by atoms with Crippen molar-refractivity contribution in [2.75, 3.05) is 23.7 Å². The number of benzene rings is 1. The van der Waals surface area contributed by atoms with Gasteiger partial charge in [0.1, 0.15) is 12.4 Å². The van der Waals surface area contributed by atoms with E-state index in [-0.39, 0.29) is 29.0 Å². The number of thiophene rings is 1. The first-order chi connectivity index (χ1) is 16.6. The zero-order valence-electron chi connectivity index (χ0n) is 21.3. The van der Waals surface area contributed by atoms with E-state index in [2.05, 4.69) is 51.4 Å². The number of nitrogens with zero attached hydrogens (tertiary/aromatic N) is 3. The average molecular weight is 511 g/mol. The van der Waals surface area contributed by atoms with Gasteiger partial charge in [-0.15, -0.1) is 23.1 Å². The number of hydrogen-bond donors (Lipinski definition) is 1. The van der Waals surface area contributed by atoms with Gasteiger partial charge in [-0.1, -0.05) is 58.4 Å². The zero-order valence-corrected chi connectivity index (χ0v) is 22.9. The molecule has 0 aliphatic carbocycles. The first-order valence-corrected chi connectivity index (χ1v) is 13.9. The van der Waals surface area contributed by atoms with Gasteiger partial charge in [-0.25, -0.2) is 4.68 Å².